The molecule has 0 heterocycles. The van der Waals surface area contributed by atoms with Gasteiger partial charge in [0.2, 0.25) is 5.91 Å². The zero-order chi connectivity index (χ0) is 13.5. The maximum absolute atomic E-state index is 11.9. The van der Waals surface area contributed by atoms with E-state index in [1.165, 1.54) is 0 Å². The highest BCUT2D eigenvalue weighted by Crippen LogP contribution is 2.21. The number of ether oxygens (including phenoxy) is 1. The number of nitrogens with two attached hydrogens (primary N) is 1. The molecule has 1 atom stereocenters. The number of hydrogen-bond acceptors (Lipinski definition) is 3. The van der Waals surface area contributed by atoms with Crippen molar-refractivity contribution in [1.82, 2.24) is 5.32 Å². The molecule has 4 nitrogen and oxygen atoms in total. The van der Waals surface area contributed by atoms with Gasteiger partial charge >= 0.3 is 0 Å². The molecule has 3 N–H and O–H groups in total. The summed E-state index contributed by atoms with van der Waals surface area (Å²) in [7, 11) is 0. The van der Waals surface area contributed by atoms with Gasteiger partial charge in [0.1, 0.15) is 0 Å². The summed E-state index contributed by atoms with van der Waals surface area (Å²) in [5.41, 5.74) is 4.84. The van der Waals surface area contributed by atoms with Crippen LogP contribution in [-0.2, 0) is 9.53 Å². The quantitative estimate of drug-likeness (QED) is 0.512. The molecule has 1 unspecified atom stereocenters. The first kappa shape index (κ1) is 16.3. The van der Waals surface area contributed by atoms with Crippen LogP contribution in [0.3, 0.4) is 0 Å². The summed E-state index contributed by atoms with van der Waals surface area (Å²) in [6, 6.07) is 0. The summed E-state index contributed by atoms with van der Waals surface area (Å²) in [4.78, 5) is 12.1. The smallest absolute Gasteiger partial charge is 0.232 e. The molecule has 0 aliphatic heterocycles. The second kappa shape index (κ2) is 7.61. The Morgan fingerprint density at radius 2 is 2.12 bits per heavy atom. The Hall–Kier alpha value is -0.680. The average molecular weight is 260 g/mol. The Morgan fingerprint density at radius 3 is 2.53 bits per heavy atom. The van der Waals surface area contributed by atoms with Crippen molar-refractivity contribution in [1.29, 1.82) is 0 Å². The Bertz CT molecular complexity index is 269. The number of rotatable bonds is 8. The first-order valence-corrected chi connectivity index (χ1v) is 6.41. The van der Waals surface area contributed by atoms with Gasteiger partial charge in [0, 0.05) is 13.2 Å². The van der Waals surface area contributed by atoms with Gasteiger partial charge in [-0.2, -0.15) is 0 Å². The Morgan fingerprint density at radius 1 is 1.53 bits per heavy atom. The fourth-order valence-corrected chi connectivity index (χ4v) is 1.43. The zero-order valence-corrected chi connectivity index (χ0v) is 12.0. The lowest BCUT2D eigenvalue weighted by Crippen LogP contribution is -2.47. The normalized spacial score (nSPS) is 14.4. The summed E-state index contributed by atoms with van der Waals surface area (Å²) in [5.74, 6) is 0.379. The van der Waals surface area contributed by atoms with Crippen LogP contribution in [0.5, 0.6) is 0 Å². The van der Waals surface area contributed by atoms with Gasteiger partial charge in [-0.15, -0.1) is 0 Å². The number of amides is 1. The molecule has 0 bridgehead atoms. The fraction of sp³-hybridized carbons (Fsp3) is 0.833. The van der Waals surface area contributed by atoms with Crippen molar-refractivity contribution in [2.24, 2.45) is 17.1 Å². The van der Waals surface area contributed by atoms with Crippen LogP contribution < -0.4 is 11.1 Å². The molecule has 0 radical (unpaired) electrons. The van der Waals surface area contributed by atoms with Crippen LogP contribution in [0.2, 0.25) is 0 Å². The molecule has 17 heavy (non-hydrogen) atoms. The van der Waals surface area contributed by atoms with Gasteiger partial charge in [-0.05, 0) is 19.3 Å². The molecule has 0 saturated heterocycles. The first-order valence-electron chi connectivity index (χ1n) is 6.00. The lowest BCUT2D eigenvalue weighted by atomic mass is 9.86. The van der Waals surface area contributed by atoms with Crippen molar-refractivity contribution in [2.45, 2.75) is 34.1 Å². The molecule has 0 aromatic heterocycles. The summed E-state index contributed by atoms with van der Waals surface area (Å²) in [6.07, 6.45) is 0.598. The molecule has 5 heteroatoms. The topological polar surface area (TPSA) is 64.3 Å². The Balaban J connectivity index is 3.97. The van der Waals surface area contributed by atoms with Crippen molar-refractivity contribution >= 4 is 23.1 Å². The maximum atomic E-state index is 11.9. The van der Waals surface area contributed by atoms with Crippen LogP contribution >= 0.6 is 12.2 Å². The average Bonchev–Trinajstić information content (AvgIpc) is 2.26. The van der Waals surface area contributed by atoms with E-state index in [0.717, 1.165) is 0 Å². The lowest BCUT2D eigenvalue weighted by molar-refractivity contribution is -0.127. The second-order valence-electron chi connectivity index (χ2n) is 4.77. The minimum atomic E-state index is -0.757. The molecule has 0 saturated carbocycles. The molecule has 100 valence electrons. The summed E-state index contributed by atoms with van der Waals surface area (Å²) < 4.78 is 5.37. The molecule has 0 fully saturated rings. The highest BCUT2D eigenvalue weighted by Gasteiger charge is 2.34. The SMILES string of the molecule is CCC(C)(C(=O)NCCOCC(C)C)C(N)=S. The molecule has 0 aromatic carbocycles. The minimum absolute atomic E-state index is 0.124. The van der Waals surface area contributed by atoms with Gasteiger partial charge in [-0.3, -0.25) is 4.79 Å². The number of carbonyl (C=O) groups excluding carboxylic acids is 1. The third kappa shape index (κ3) is 5.46. The molecule has 0 rings (SSSR count). The molecule has 0 aromatic rings. The van der Waals surface area contributed by atoms with E-state index in [-0.39, 0.29) is 10.9 Å². The van der Waals surface area contributed by atoms with Gasteiger partial charge in [0.25, 0.3) is 0 Å². The van der Waals surface area contributed by atoms with Crippen molar-refractivity contribution in [2.75, 3.05) is 19.8 Å². The van der Waals surface area contributed by atoms with Crippen LogP contribution in [0.15, 0.2) is 0 Å². The minimum Gasteiger partial charge on any atom is -0.392 e. The van der Waals surface area contributed by atoms with Crippen LogP contribution in [0.25, 0.3) is 0 Å². The largest absolute Gasteiger partial charge is 0.392 e. The predicted molar refractivity (Wildman–Crippen MR) is 73.9 cm³/mol. The van der Waals surface area contributed by atoms with Crippen molar-refractivity contribution in [3.63, 3.8) is 0 Å². The highest BCUT2D eigenvalue weighted by molar-refractivity contribution is 7.80. The third-order valence-electron chi connectivity index (χ3n) is 2.74. The van der Waals surface area contributed by atoms with E-state index >= 15 is 0 Å². The summed E-state index contributed by atoms with van der Waals surface area (Å²) in [5, 5.41) is 2.80. The number of hydrogen-bond donors (Lipinski definition) is 2. The number of thiocarbonyl (C=S) groups is 1. The van der Waals surface area contributed by atoms with E-state index in [4.69, 9.17) is 22.7 Å². The van der Waals surface area contributed by atoms with Gasteiger partial charge in [-0.25, -0.2) is 0 Å². The van der Waals surface area contributed by atoms with E-state index in [1.807, 2.05) is 6.92 Å². The standard InChI is InChI=1S/C12H24N2O2S/c1-5-12(4,10(13)17)11(15)14-6-7-16-8-9(2)3/h9H,5-8H2,1-4H3,(H2,13,17)(H,14,15). The molecule has 0 aliphatic rings. The van der Waals surface area contributed by atoms with E-state index < -0.39 is 5.41 Å². The van der Waals surface area contributed by atoms with Crippen LogP contribution in [0, 0.1) is 11.3 Å². The van der Waals surface area contributed by atoms with Crippen LogP contribution in [-0.4, -0.2) is 30.7 Å². The van der Waals surface area contributed by atoms with Crippen LogP contribution in [0.1, 0.15) is 34.1 Å². The first-order chi connectivity index (χ1) is 7.84. The molecule has 0 spiro atoms. The van der Waals surface area contributed by atoms with Crippen molar-refractivity contribution in [3.8, 4) is 0 Å². The van der Waals surface area contributed by atoms with E-state index in [2.05, 4.69) is 19.2 Å². The van der Waals surface area contributed by atoms with Gasteiger partial charge in [-0.1, -0.05) is 33.0 Å². The molecule has 0 aliphatic carbocycles. The second-order valence-corrected chi connectivity index (χ2v) is 5.21. The third-order valence-corrected chi connectivity index (χ3v) is 3.19. The molecular formula is C12H24N2O2S. The van der Waals surface area contributed by atoms with Gasteiger partial charge in [0.15, 0.2) is 0 Å². The highest BCUT2D eigenvalue weighted by atomic mass is 32.1. The maximum Gasteiger partial charge on any atom is 0.232 e. The lowest BCUT2D eigenvalue weighted by Gasteiger charge is -2.25. The summed E-state index contributed by atoms with van der Waals surface area (Å²) >= 11 is 4.93. The fourth-order valence-electron chi connectivity index (χ4n) is 1.20. The van der Waals surface area contributed by atoms with Crippen molar-refractivity contribution < 1.29 is 9.53 Å². The zero-order valence-electron chi connectivity index (χ0n) is 11.2. The summed E-state index contributed by atoms with van der Waals surface area (Å²) in [6.45, 7) is 9.54. The molecule has 1 amide bonds. The Labute approximate surface area is 109 Å². The van der Waals surface area contributed by atoms with Crippen molar-refractivity contribution in [3.05, 3.63) is 0 Å². The van der Waals surface area contributed by atoms with E-state index in [9.17, 15) is 4.79 Å². The number of carbonyl (C=O) groups is 1. The Kier molecular flexibility index (Phi) is 7.30. The predicted octanol–water partition coefficient (Wildman–Crippen LogP) is 1.48. The van der Waals surface area contributed by atoms with Gasteiger partial charge < -0.3 is 15.8 Å². The molecular weight excluding hydrogens is 236 g/mol. The monoisotopic (exact) mass is 260 g/mol. The van der Waals surface area contributed by atoms with Gasteiger partial charge in [0.05, 0.1) is 17.0 Å². The van der Waals surface area contributed by atoms with Crippen LogP contribution in [0.4, 0.5) is 0 Å². The van der Waals surface area contributed by atoms with E-state index in [0.29, 0.717) is 32.1 Å². The van der Waals surface area contributed by atoms with E-state index in [1.54, 1.807) is 6.92 Å². The number of nitrogens with one attached hydrogen (secondary N) is 1.